The van der Waals surface area contributed by atoms with Crippen LogP contribution in [-0.4, -0.2) is 88.2 Å². The molecule has 0 saturated carbocycles. The van der Waals surface area contributed by atoms with E-state index < -0.39 is 17.8 Å². The van der Waals surface area contributed by atoms with Crippen LogP contribution in [0.2, 0.25) is 5.02 Å². The number of cyclic esters (lactones) is 1. The zero-order chi connectivity index (χ0) is 32.7. The topological polar surface area (TPSA) is 102 Å². The number of pyridine rings is 1. The van der Waals surface area contributed by atoms with Crippen molar-refractivity contribution in [3.63, 3.8) is 0 Å². The van der Waals surface area contributed by atoms with Crippen molar-refractivity contribution in [1.29, 1.82) is 0 Å². The summed E-state index contributed by atoms with van der Waals surface area (Å²) in [5.41, 5.74) is 0.945. The van der Waals surface area contributed by atoms with Crippen molar-refractivity contribution < 1.29 is 28.4 Å². The number of rotatable bonds is 6. The third kappa shape index (κ3) is 4.57. The highest BCUT2D eigenvalue weighted by molar-refractivity contribution is 6.36. The second kappa shape index (κ2) is 11.2. The van der Waals surface area contributed by atoms with Gasteiger partial charge in [0.2, 0.25) is 0 Å². The highest BCUT2D eigenvalue weighted by Gasteiger charge is 2.52. The maximum absolute atomic E-state index is 16.9. The van der Waals surface area contributed by atoms with Gasteiger partial charge in [-0.1, -0.05) is 41.9 Å². The third-order valence-electron chi connectivity index (χ3n) is 11.6. The Labute approximate surface area is 282 Å². The average molecular weight is 672 g/mol. The average Bonchev–Trinajstić information content (AvgIpc) is 3.76. The summed E-state index contributed by atoms with van der Waals surface area (Å²) in [6.45, 7) is 5.53. The number of ether oxygens (including phenoxy) is 2. The third-order valence-corrected chi connectivity index (χ3v) is 11.9. The van der Waals surface area contributed by atoms with Gasteiger partial charge in [0.05, 0.1) is 18.5 Å². The second-order valence-electron chi connectivity index (χ2n) is 14.2. The molecule has 248 valence electrons. The fourth-order valence-corrected chi connectivity index (χ4v) is 9.39. The summed E-state index contributed by atoms with van der Waals surface area (Å²) in [6, 6.07) is 11.2. The summed E-state index contributed by atoms with van der Waals surface area (Å²) in [5.74, 6) is -0.902. The predicted molar refractivity (Wildman–Crippen MR) is 178 cm³/mol. The fraction of sp³-hybridized carbons (Fsp3) is 0.472. The summed E-state index contributed by atoms with van der Waals surface area (Å²) in [5, 5.41) is 2.63. The molecule has 4 atom stereocenters. The van der Waals surface area contributed by atoms with Gasteiger partial charge in [0.25, 0.3) is 5.91 Å². The Morgan fingerprint density at radius 3 is 2.54 bits per heavy atom. The van der Waals surface area contributed by atoms with Crippen LogP contribution in [0.4, 0.5) is 10.2 Å². The summed E-state index contributed by atoms with van der Waals surface area (Å²) < 4.78 is 28.5. The Hall–Kier alpha value is -4.09. The Balaban J connectivity index is 1.11. The minimum Gasteiger partial charge on any atom is -0.457 e. The molecule has 12 heteroatoms. The number of hydrogen-bond acceptors (Lipinski definition) is 8. The van der Waals surface area contributed by atoms with Crippen molar-refractivity contribution in [2.75, 3.05) is 37.7 Å². The van der Waals surface area contributed by atoms with Crippen molar-refractivity contribution in [2.45, 2.75) is 69.2 Å². The van der Waals surface area contributed by atoms with Crippen LogP contribution in [0.25, 0.3) is 32.9 Å². The van der Waals surface area contributed by atoms with Gasteiger partial charge in [0, 0.05) is 73.0 Å². The lowest BCUT2D eigenvalue weighted by molar-refractivity contribution is -0.925. The highest BCUT2D eigenvalue weighted by Crippen LogP contribution is 2.40. The van der Waals surface area contributed by atoms with Crippen molar-refractivity contribution in [2.24, 2.45) is 5.92 Å². The summed E-state index contributed by atoms with van der Waals surface area (Å²) >= 11 is 6.64. The largest absolute Gasteiger partial charge is 0.457 e. The normalized spacial score (nSPS) is 29.3. The van der Waals surface area contributed by atoms with Crippen molar-refractivity contribution >= 4 is 51.0 Å². The Morgan fingerprint density at radius 2 is 1.83 bits per heavy atom. The molecule has 5 aliphatic rings. The van der Waals surface area contributed by atoms with E-state index in [1.165, 1.54) is 12.8 Å². The van der Waals surface area contributed by atoms with E-state index in [-0.39, 0.29) is 46.7 Å². The summed E-state index contributed by atoms with van der Waals surface area (Å²) in [7, 11) is 0. The number of piperazine rings is 1. The fourth-order valence-electron chi connectivity index (χ4n) is 9.10. The zero-order valence-corrected chi connectivity index (χ0v) is 27.5. The monoisotopic (exact) mass is 671 g/mol. The number of hydrogen-bond donors (Lipinski definition) is 1. The van der Waals surface area contributed by atoms with Crippen LogP contribution in [0.15, 0.2) is 42.6 Å². The molecule has 0 spiro atoms. The maximum atomic E-state index is 16.9. The van der Waals surface area contributed by atoms with E-state index in [4.69, 9.17) is 31.0 Å². The molecule has 48 heavy (non-hydrogen) atoms. The van der Waals surface area contributed by atoms with Gasteiger partial charge in [-0.05, 0) is 31.2 Å². The van der Waals surface area contributed by atoms with E-state index in [1.54, 1.807) is 24.1 Å². The van der Waals surface area contributed by atoms with Crippen LogP contribution >= 0.6 is 11.6 Å². The molecule has 4 aromatic rings. The van der Waals surface area contributed by atoms with Crippen molar-refractivity contribution in [3.8, 4) is 17.3 Å². The Bertz CT molecular complexity index is 1960. The second-order valence-corrected chi connectivity index (χ2v) is 14.6. The molecule has 7 heterocycles. The van der Waals surface area contributed by atoms with Gasteiger partial charge < -0.3 is 24.2 Å². The molecule has 0 radical (unpaired) electrons. The Morgan fingerprint density at radius 1 is 1.10 bits per heavy atom. The van der Waals surface area contributed by atoms with E-state index in [9.17, 15) is 9.59 Å². The van der Waals surface area contributed by atoms with Crippen LogP contribution in [0.3, 0.4) is 0 Å². The van der Waals surface area contributed by atoms with E-state index in [2.05, 4.69) is 9.88 Å². The molecule has 0 unspecified atom stereocenters. The quantitative estimate of drug-likeness (QED) is 0.308. The van der Waals surface area contributed by atoms with Gasteiger partial charge in [-0.25, -0.2) is 4.39 Å². The first-order valence-corrected chi connectivity index (χ1v) is 17.5. The first-order chi connectivity index (χ1) is 23.3. The van der Waals surface area contributed by atoms with Gasteiger partial charge in [-0.2, -0.15) is 9.97 Å². The van der Waals surface area contributed by atoms with E-state index in [0.29, 0.717) is 41.5 Å². The van der Waals surface area contributed by atoms with Crippen molar-refractivity contribution in [3.05, 3.63) is 53.4 Å². The van der Waals surface area contributed by atoms with E-state index >= 15 is 4.39 Å². The van der Waals surface area contributed by atoms with Crippen LogP contribution < -0.4 is 14.5 Å². The van der Waals surface area contributed by atoms with Gasteiger partial charge >= 0.3 is 12.0 Å². The molecule has 9 rings (SSSR count). The minimum atomic E-state index is -0.724. The number of carbonyl (C=O) groups excluding carboxylic acids is 2. The van der Waals surface area contributed by atoms with Crippen LogP contribution in [0.1, 0.15) is 45.4 Å². The molecule has 2 aromatic heterocycles. The minimum absolute atomic E-state index is 0.0490. The lowest BCUT2D eigenvalue weighted by atomic mass is 9.95. The van der Waals surface area contributed by atoms with Gasteiger partial charge in [-0.3, -0.25) is 14.6 Å². The number of benzene rings is 2. The number of esters is 1. The zero-order valence-electron chi connectivity index (χ0n) is 26.8. The number of anilines is 1. The molecular weight excluding hydrogens is 635 g/mol. The van der Waals surface area contributed by atoms with Crippen LogP contribution in [-0.2, 0) is 14.3 Å². The maximum Gasteiger partial charge on any atom is 0.319 e. The molecule has 5 fully saturated rings. The van der Waals surface area contributed by atoms with E-state index in [0.717, 1.165) is 49.5 Å². The molecule has 1 amide bonds. The SMILES string of the molecule is C[C@@H]1C(=O)O[C@H]1C(=O)N1[C@@H]2CC[C@H]1CN(c1nc(OCC34CCC[NH+]3CCC4)nc3c(F)c(-c4cccc5cccc(Cl)c45)ncc13)C2. The van der Waals surface area contributed by atoms with Crippen molar-refractivity contribution in [1.82, 2.24) is 19.9 Å². The first kappa shape index (κ1) is 30.0. The lowest BCUT2D eigenvalue weighted by Gasteiger charge is -2.44. The van der Waals surface area contributed by atoms with Gasteiger partial charge in [0.1, 0.15) is 35.1 Å². The number of amides is 1. The number of carbonyl (C=O) groups is 2. The smallest absolute Gasteiger partial charge is 0.319 e. The van der Waals surface area contributed by atoms with Gasteiger partial charge in [-0.15, -0.1) is 0 Å². The highest BCUT2D eigenvalue weighted by atomic mass is 35.5. The molecule has 2 bridgehead atoms. The molecule has 0 aliphatic carbocycles. The number of halogens is 2. The molecule has 2 aromatic carbocycles. The Kier molecular flexibility index (Phi) is 7.02. The summed E-state index contributed by atoms with van der Waals surface area (Å²) in [6.07, 6.45) is 7.12. The molecular formula is C36H37ClFN6O4+. The first-order valence-electron chi connectivity index (χ1n) is 17.1. The standard InChI is InChI=1S/C36H36ClFN6O4/c1-20-31(48-34(20)46)33(45)44-22-10-11-23(44)18-42(17-22)32-25-16-39-29(24-8-2-6-21-7-3-9-26(37)27(21)24)28(38)30(25)40-35(41-32)47-19-36-12-4-14-43(36)15-5-13-36/h2-3,6-9,16,20,22-23,31H,4-5,10-15,17-19H2,1H3/p+1/t20-,22-,23+,31+/m0/s1. The molecule has 5 aliphatic heterocycles. The van der Waals surface area contributed by atoms with Crippen LogP contribution in [0, 0.1) is 11.7 Å². The molecule has 5 saturated heterocycles. The lowest BCUT2D eigenvalue weighted by Crippen LogP contribution is -3.16. The number of nitrogens with one attached hydrogen (secondary N) is 1. The summed E-state index contributed by atoms with van der Waals surface area (Å²) in [4.78, 5) is 45.1. The number of quaternary nitrogens is 1. The number of nitrogens with zero attached hydrogens (tertiary/aromatic N) is 5. The molecule has 1 N–H and O–H groups in total. The van der Waals surface area contributed by atoms with E-state index in [1.807, 2.05) is 35.2 Å². The number of aromatic nitrogens is 3. The van der Waals surface area contributed by atoms with Gasteiger partial charge in [0.15, 0.2) is 11.9 Å². The number of fused-ring (bicyclic) bond motifs is 5. The molecule has 10 nitrogen and oxygen atoms in total. The predicted octanol–water partition coefficient (Wildman–Crippen LogP) is 3.97. The van der Waals surface area contributed by atoms with Crippen LogP contribution in [0.5, 0.6) is 6.01 Å².